The first-order valence-corrected chi connectivity index (χ1v) is 8.55. The minimum Gasteiger partial charge on any atom is -0.508 e. The quantitative estimate of drug-likeness (QED) is 0.790. The first-order chi connectivity index (χ1) is 11.2. The fraction of sp³-hybridized carbons (Fsp3) is 0.400. The van der Waals surface area contributed by atoms with Crippen LogP contribution in [0.1, 0.15) is 30.1 Å². The summed E-state index contributed by atoms with van der Waals surface area (Å²) in [7, 11) is 0. The third-order valence-electron chi connectivity index (χ3n) is 4.94. The summed E-state index contributed by atoms with van der Waals surface area (Å²) in [5, 5.41) is 19.7. The number of benzene rings is 2. The summed E-state index contributed by atoms with van der Waals surface area (Å²) in [5.41, 5.74) is 2.33. The first-order valence-electron chi connectivity index (χ1n) is 8.55. The number of phenolic OH excluding ortho intramolecular Hbond substituents is 1. The molecule has 0 spiro atoms. The van der Waals surface area contributed by atoms with E-state index in [0.717, 1.165) is 31.1 Å². The van der Waals surface area contributed by atoms with Gasteiger partial charge >= 0.3 is 0 Å². The Morgan fingerprint density at radius 3 is 2.26 bits per heavy atom. The number of aliphatic hydroxyl groups is 1. The van der Waals surface area contributed by atoms with Gasteiger partial charge in [0.25, 0.3) is 0 Å². The molecule has 1 heterocycles. The van der Waals surface area contributed by atoms with Crippen molar-refractivity contribution in [2.45, 2.75) is 25.4 Å². The van der Waals surface area contributed by atoms with Crippen molar-refractivity contribution >= 4 is 0 Å². The van der Waals surface area contributed by atoms with Gasteiger partial charge in [-0.25, -0.2) is 0 Å². The number of quaternary nitrogens is 1. The molecule has 3 heteroatoms. The lowest BCUT2D eigenvalue weighted by Gasteiger charge is -2.30. The van der Waals surface area contributed by atoms with E-state index in [4.69, 9.17) is 0 Å². The average molecular weight is 312 g/mol. The molecule has 2 aromatic carbocycles. The maximum Gasteiger partial charge on any atom is 0.128 e. The lowest BCUT2D eigenvalue weighted by molar-refractivity contribution is -0.910. The monoisotopic (exact) mass is 312 g/mol. The number of aliphatic hydroxyl groups excluding tert-OH is 1. The van der Waals surface area contributed by atoms with Crippen molar-refractivity contribution in [2.75, 3.05) is 19.6 Å². The minimum atomic E-state index is -0.448. The van der Waals surface area contributed by atoms with Gasteiger partial charge < -0.3 is 15.1 Å². The second-order valence-electron chi connectivity index (χ2n) is 6.69. The molecule has 1 aliphatic rings. The van der Waals surface area contributed by atoms with Crippen LogP contribution in [-0.2, 0) is 6.42 Å². The van der Waals surface area contributed by atoms with Gasteiger partial charge in [-0.3, -0.25) is 0 Å². The van der Waals surface area contributed by atoms with Crippen LogP contribution in [0.15, 0.2) is 54.6 Å². The van der Waals surface area contributed by atoms with Gasteiger partial charge in [0.05, 0.1) is 13.1 Å². The minimum absolute atomic E-state index is 0.245. The molecule has 1 unspecified atom stereocenters. The van der Waals surface area contributed by atoms with Crippen LogP contribution in [0.4, 0.5) is 0 Å². The van der Waals surface area contributed by atoms with Crippen LogP contribution >= 0.6 is 0 Å². The summed E-state index contributed by atoms with van der Waals surface area (Å²) in [4.78, 5) is 1.48. The summed E-state index contributed by atoms with van der Waals surface area (Å²) in [6.07, 6.45) is 3.18. The zero-order valence-corrected chi connectivity index (χ0v) is 13.5. The Morgan fingerprint density at radius 2 is 1.61 bits per heavy atom. The lowest BCUT2D eigenvalue weighted by atomic mass is 9.90. The SMILES string of the molecule is Oc1ccc(C(O)C[NH+]2CCC(Cc3ccccc3)CC2)cc1. The van der Waals surface area contributed by atoms with E-state index in [0.29, 0.717) is 0 Å². The largest absolute Gasteiger partial charge is 0.508 e. The molecular weight excluding hydrogens is 286 g/mol. The Balaban J connectivity index is 1.46. The van der Waals surface area contributed by atoms with Crippen LogP contribution in [0, 0.1) is 5.92 Å². The molecule has 23 heavy (non-hydrogen) atoms. The zero-order valence-electron chi connectivity index (χ0n) is 13.5. The number of rotatable bonds is 5. The van der Waals surface area contributed by atoms with E-state index in [-0.39, 0.29) is 5.75 Å². The highest BCUT2D eigenvalue weighted by Gasteiger charge is 2.24. The van der Waals surface area contributed by atoms with Crippen molar-refractivity contribution in [3.8, 4) is 5.75 Å². The molecule has 1 saturated heterocycles. The zero-order chi connectivity index (χ0) is 16.1. The maximum atomic E-state index is 10.4. The van der Waals surface area contributed by atoms with E-state index >= 15 is 0 Å². The van der Waals surface area contributed by atoms with Crippen LogP contribution in [0.5, 0.6) is 5.75 Å². The molecule has 0 aromatic heterocycles. The number of piperidine rings is 1. The third kappa shape index (κ3) is 4.57. The highest BCUT2D eigenvalue weighted by molar-refractivity contribution is 5.27. The number of hydrogen-bond acceptors (Lipinski definition) is 2. The Hall–Kier alpha value is -1.84. The second-order valence-corrected chi connectivity index (χ2v) is 6.69. The van der Waals surface area contributed by atoms with Crippen LogP contribution < -0.4 is 4.90 Å². The molecule has 3 rings (SSSR count). The molecule has 3 nitrogen and oxygen atoms in total. The highest BCUT2D eigenvalue weighted by atomic mass is 16.3. The Labute approximate surface area is 138 Å². The predicted octanol–water partition coefficient (Wildman–Crippen LogP) is 1.96. The summed E-state index contributed by atoms with van der Waals surface area (Å²) in [5.74, 6) is 1.02. The first kappa shape index (κ1) is 16.0. The molecule has 122 valence electrons. The molecule has 0 amide bonds. The molecule has 1 fully saturated rings. The van der Waals surface area contributed by atoms with Gasteiger partial charge in [-0.15, -0.1) is 0 Å². The van der Waals surface area contributed by atoms with E-state index in [9.17, 15) is 10.2 Å². The Kier molecular flexibility index (Phi) is 5.31. The number of aromatic hydroxyl groups is 1. The number of nitrogens with one attached hydrogen (secondary N) is 1. The standard InChI is InChI=1S/C20H25NO2/c22-19-8-6-18(7-9-19)20(23)15-21-12-10-17(11-13-21)14-16-4-2-1-3-5-16/h1-9,17,20,22-23H,10-15H2/p+1. The van der Waals surface area contributed by atoms with Crippen molar-refractivity contribution in [1.29, 1.82) is 0 Å². The maximum absolute atomic E-state index is 10.4. The summed E-state index contributed by atoms with van der Waals surface area (Å²) in [6, 6.07) is 17.6. The summed E-state index contributed by atoms with van der Waals surface area (Å²) in [6.45, 7) is 3.02. The van der Waals surface area contributed by atoms with E-state index in [2.05, 4.69) is 30.3 Å². The molecule has 0 saturated carbocycles. The van der Waals surface area contributed by atoms with E-state index < -0.39 is 6.10 Å². The molecule has 2 aromatic rings. The number of likely N-dealkylation sites (tertiary alicyclic amines) is 1. The van der Waals surface area contributed by atoms with Gasteiger partial charge in [0.1, 0.15) is 18.4 Å². The fourth-order valence-electron chi connectivity index (χ4n) is 3.53. The van der Waals surface area contributed by atoms with E-state index in [1.54, 1.807) is 12.1 Å². The van der Waals surface area contributed by atoms with Gasteiger partial charge in [-0.2, -0.15) is 0 Å². The van der Waals surface area contributed by atoms with Gasteiger partial charge in [0, 0.05) is 0 Å². The fourth-order valence-corrected chi connectivity index (χ4v) is 3.53. The molecule has 0 aliphatic carbocycles. The van der Waals surface area contributed by atoms with E-state index in [1.165, 1.54) is 29.7 Å². The Bertz CT molecular complexity index is 589. The highest BCUT2D eigenvalue weighted by Crippen LogP contribution is 2.18. The molecule has 1 atom stereocenters. The van der Waals surface area contributed by atoms with Crippen LogP contribution in [0.25, 0.3) is 0 Å². The van der Waals surface area contributed by atoms with E-state index in [1.807, 2.05) is 12.1 Å². The average Bonchev–Trinajstić information content (AvgIpc) is 2.58. The van der Waals surface area contributed by atoms with Gasteiger partial charge in [0.2, 0.25) is 0 Å². The Morgan fingerprint density at radius 1 is 0.957 bits per heavy atom. The molecule has 1 aliphatic heterocycles. The molecule has 3 N–H and O–H groups in total. The van der Waals surface area contributed by atoms with Crippen molar-refractivity contribution in [1.82, 2.24) is 0 Å². The van der Waals surface area contributed by atoms with Gasteiger partial charge in [-0.1, -0.05) is 42.5 Å². The topological polar surface area (TPSA) is 44.9 Å². The van der Waals surface area contributed by atoms with Crippen molar-refractivity contribution in [3.05, 3.63) is 65.7 Å². The predicted molar refractivity (Wildman–Crippen MR) is 91.5 cm³/mol. The summed E-state index contributed by atoms with van der Waals surface area (Å²) >= 11 is 0. The second kappa shape index (κ2) is 7.62. The van der Waals surface area contributed by atoms with Crippen LogP contribution in [-0.4, -0.2) is 29.8 Å². The van der Waals surface area contributed by atoms with Crippen LogP contribution in [0.2, 0.25) is 0 Å². The number of phenols is 1. The normalized spacial score (nSPS) is 22.7. The third-order valence-corrected chi connectivity index (χ3v) is 4.94. The van der Waals surface area contributed by atoms with Crippen molar-refractivity contribution in [3.63, 3.8) is 0 Å². The molecule has 0 bridgehead atoms. The smallest absolute Gasteiger partial charge is 0.128 e. The van der Waals surface area contributed by atoms with Crippen molar-refractivity contribution in [2.24, 2.45) is 5.92 Å². The van der Waals surface area contributed by atoms with Gasteiger partial charge in [-0.05, 0) is 48.4 Å². The lowest BCUT2D eigenvalue weighted by Crippen LogP contribution is -3.13. The van der Waals surface area contributed by atoms with Crippen LogP contribution in [0.3, 0.4) is 0 Å². The van der Waals surface area contributed by atoms with Crippen molar-refractivity contribution < 1.29 is 15.1 Å². The molecule has 0 radical (unpaired) electrons. The van der Waals surface area contributed by atoms with Gasteiger partial charge in [0.15, 0.2) is 0 Å². The summed E-state index contributed by atoms with van der Waals surface area (Å²) < 4.78 is 0. The number of hydrogen-bond donors (Lipinski definition) is 3. The molecular formula is C20H26NO2+.